The zero-order valence-corrected chi connectivity index (χ0v) is 20.4. The third-order valence-corrected chi connectivity index (χ3v) is 5.12. The van der Waals surface area contributed by atoms with Gasteiger partial charge >= 0.3 is 11.9 Å². The van der Waals surface area contributed by atoms with Crippen LogP contribution in [0.15, 0.2) is 49.6 Å². The van der Waals surface area contributed by atoms with Crippen LogP contribution in [0, 0.1) is 0 Å². The number of hydrogen-bond acceptors (Lipinski definition) is 6. The first kappa shape index (κ1) is 26.9. The van der Waals surface area contributed by atoms with Crippen LogP contribution < -0.4 is 18.9 Å². The minimum absolute atomic E-state index is 0.198. The van der Waals surface area contributed by atoms with Crippen LogP contribution in [-0.2, 0) is 9.59 Å². The molecule has 33 heavy (non-hydrogen) atoms. The predicted molar refractivity (Wildman–Crippen MR) is 129 cm³/mol. The minimum Gasteiger partial charge on any atom is -0.490 e. The highest BCUT2D eigenvalue weighted by Gasteiger charge is 2.13. The molecule has 0 bridgehead atoms. The first-order chi connectivity index (χ1) is 15.7. The van der Waals surface area contributed by atoms with Gasteiger partial charge in [-0.05, 0) is 19.3 Å². The van der Waals surface area contributed by atoms with Crippen molar-refractivity contribution in [3.05, 3.63) is 69.7 Å². The second-order valence-electron chi connectivity index (χ2n) is 6.44. The van der Waals surface area contributed by atoms with Gasteiger partial charge in [-0.15, -0.1) is 0 Å². The Balaban J connectivity index is 1.76. The molecule has 6 nitrogen and oxygen atoms in total. The lowest BCUT2D eigenvalue weighted by Gasteiger charge is -2.13. The molecule has 0 aliphatic carbocycles. The molecular formula is C23H20Cl4O6. The number of unbranched alkanes of at least 4 members (excludes halogenated alkanes) is 2. The maximum absolute atomic E-state index is 11.3. The van der Waals surface area contributed by atoms with Gasteiger partial charge in [0.05, 0.1) is 33.3 Å². The molecule has 0 amide bonds. The van der Waals surface area contributed by atoms with Crippen LogP contribution >= 0.6 is 46.4 Å². The molecule has 0 heterocycles. The van der Waals surface area contributed by atoms with Crippen LogP contribution in [0.4, 0.5) is 0 Å². The van der Waals surface area contributed by atoms with Gasteiger partial charge in [-0.2, -0.15) is 0 Å². The van der Waals surface area contributed by atoms with Gasteiger partial charge in [0.15, 0.2) is 11.5 Å². The summed E-state index contributed by atoms with van der Waals surface area (Å²) in [7, 11) is 0. The summed E-state index contributed by atoms with van der Waals surface area (Å²) in [5.74, 6) is -0.222. The summed E-state index contributed by atoms with van der Waals surface area (Å²) < 4.78 is 21.3. The number of ether oxygens (including phenoxy) is 4. The quantitative estimate of drug-likeness (QED) is 0.125. The Morgan fingerprint density at radius 3 is 1.30 bits per heavy atom. The van der Waals surface area contributed by atoms with Crippen molar-refractivity contribution in [2.45, 2.75) is 19.3 Å². The summed E-state index contributed by atoms with van der Waals surface area (Å²) in [6, 6.07) is 5.76. The Morgan fingerprint density at radius 1 is 0.667 bits per heavy atom. The van der Waals surface area contributed by atoms with E-state index in [1.54, 1.807) is 0 Å². The van der Waals surface area contributed by atoms with Crippen LogP contribution in [0.1, 0.15) is 19.3 Å². The van der Waals surface area contributed by atoms with E-state index >= 15 is 0 Å². The van der Waals surface area contributed by atoms with Gasteiger partial charge < -0.3 is 18.9 Å². The van der Waals surface area contributed by atoms with Crippen molar-refractivity contribution in [2.75, 3.05) is 13.2 Å². The molecular weight excluding hydrogens is 514 g/mol. The first-order valence-electron chi connectivity index (χ1n) is 9.67. The van der Waals surface area contributed by atoms with E-state index in [0.29, 0.717) is 37.6 Å². The summed E-state index contributed by atoms with van der Waals surface area (Å²) in [5.41, 5.74) is 0. The number of hydrogen-bond donors (Lipinski definition) is 0. The lowest BCUT2D eigenvalue weighted by Crippen LogP contribution is -2.05. The van der Waals surface area contributed by atoms with E-state index in [4.69, 9.17) is 65.4 Å². The SMILES string of the molecule is C=CC(=O)Oc1cc(Cl)c(OCCCCCOc2c(Cl)cc(OC(=O)C=C)cc2Cl)c(Cl)c1. The van der Waals surface area contributed by atoms with E-state index in [9.17, 15) is 9.59 Å². The molecule has 0 aliphatic rings. The van der Waals surface area contributed by atoms with E-state index in [0.717, 1.165) is 18.6 Å². The van der Waals surface area contributed by atoms with E-state index in [1.807, 2.05) is 0 Å². The molecule has 0 saturated heterocycles. The molecule has 2 aromatic rings. The average Bonchev–Trinajstić information content (AvgIpc) is 2.75. The molecule has 0 spiro atoms. The van der Waals surface area contributed by atoms with E-state index < -0.39 is 11.9 Å². The van der Waals surface area contributed by atoms with Gasteiger partial charge in [0.1, 0.15) is 11.5 Å². The zero-order valence-electron chi connectivity index (χ0n) is 17.4. The average molecular weight is 534 g/mol. The van der Waals surface area contributed by atoms with Gasteiger partial charge in [0.2, 0.25) is 0 Å². The summed E-state index contributed by atoms with van der Waals surface area (Å²) >= 11 is 24.7. The van der Waals surface area contributed by atoms with Gasteiger partial charge in [-0.25, -0.2) is 9.59 Å². The van der Waals surface area contributed by atoms with Crippen LogP contribution in [0.2, 0.25) is 20.1 Å². The van der Waals surface area contributed by atoms with Crippen molar-refractivity contribution < 1.29 is 28.5 Å². The highest BCUT2D eigenvalue weighted by atomic mass is 35.5. The Kier molecular flexibility index (Phi) is 10.9. The fraction of sp³-hybridized carbons (Fsp3) is 0.217. The summed E-state index contributed by atoms with van der Waals surface area (Å²) in [4.78, 5) is 22.5. The Labute approximate surface area is 211 Å². The highest BCUT2D eigenvalue weighted by Crippen LogP contribution is 2.38. The van der Waals surface area contributed by atoms with Gasteiger partial charge in [-0.1, -0.05) is 59.6 Å². The normalized spacial score (nSPS) is 10.3. The van der Waals surface area contributed by atoms with Crippen LogP contribution in [0.3, 0.4) is 0 Å². The maximum Gasteiger partial charge on any atom is 0.335 e. The molecule has 0 saturated carbocycles. The predicted octanol–water partition coefficient (Wildman–Crippen LogP) is 7.11. The molecule has 0 atom stereocenters. The molecule has 0 aliphatic heterocycles. The minimum atomic E-state index is -0.618. The maximum atomic E-state index is 11.3. The second-order valence-corrected chi connectivity index (χ2v) is 8.07. The highest BCUT2D eigenvalue weighted by molar-refractivity contribution is 6.38. The summed E-state index contributed by atoms with van der Waals surface area (Å²) in [6.07, 6.45) is 4.28. The Bertz CT molecular complexity index is 910. The molecule has 2 aromatic carbocycles. The third kappa shape index (κ3) is 8.48. The monoisotopic (exact) mass is 532 g/mol. The van der Waals surface area contributed by atoms with Crippen molar-refractivity contribution in [1.82, 2.24) is 0 Å². The van der Waals surface area contributed by atoms with E-state index in [-0.39, 0.29) is 31.6 Å². The zero-order chi connectivity index (χ0) is 24.4. The number of halogens is 4. The van der Waals surface area contributed by atoms with Crippen molar-refractivity contribution >= 4 is 58.3 Å². The summed E-state index contributed by atoms with van der Waals surface area (Å²) in [5, 5.41) is 0.904. The fourth-order valence-corrected chi connectivity index (χ4v) is 3.66. The number of carbonyl (C=O) groups is 2. The molecule has 176 valence electrons. The van der Waals surface area contributed by atoms with Crippen LogP contribution in [-0.4, -0.2) is 25.2 Å². The Hall–Kier alpha value is -2.38. The fourth-order valence-electron chi connectivity index (χ4n) is 2.51. The standard InChI is InChI=1S/C23H20Cl4O6/c1-3-20(28)32-14-10-16(24)22(17(25)11-14)30-8-6-5-7-9-31-23-18(26)12-15(13-19(23)27)33-21(29)4-2/h3-4,10-13H,1-2,5-9H2. The van der Waals surface area contributed by atoms with Crippen LogP contribution in [0.25, 0.3) is 0 Å². The number of benzene rings is 2. The van der Waals surface area contributed by atoms with Crippen molar-refractivity contribution in [3.8, 4) is 23.0 Å². The number of carbonyl (C=O) groups excluding carboxylic acids is 2. The van der Waals surface area contributed by atoms with Gasteiger partial charge in [0, 0.05) is 36.4 Å². The lowest BCUT2D eigenvalue weighted by molar-refractivity contribution is -0.129. The largest absolute Gasteiger partial charge is 0.490 e. The molecule has 0 fully saturated rings. The molecule has 0 unspecified atom stereocenters. The summed E-state index contributed by atoms with van der Waals surface area (Å²) in [6.45, 7) is 7.39. The smallest absolute Gasteiger partial charge is 0.335 e. The van der Waals surface area contributed by atoms with Crippen molar-refractivity contribution in [2.24, 2.45) is 0 Å². The second kappa shape index (κ2) is 13.4. The van der Waals surface area contributed by atoms with Gasteiger partial charge in [0.25, 0.3) is 0 Å². The van der Waals surface area contributed by atoms with E-state index in [2.05, 4.69) is 13.2 Å². The number of rotatable bonds is 12. The van der Waals surface area contributed by atoms with Crippen LogP contribution in [0.5, 0.6) is 23.0 Å². The Morgan fingerprint density at radius 2 is 1.00 bits per heavy atom. The third-order valence-electron chi connectivity index (χ3n) is 4.00. The molecule has 2 rings (SSSR count). The van der Waals surface area contributed by atoms with Gasteiger partial charge in [-0.3, -0.25) is 0 Å². The molecule has 0 radical (unpaired) electrons. The van der Waals surface area contributed by atoms with Crippen molar-refractivity contribution in [1.29, 1.82) is 0 Å². The molecule has 0 N–H and O–H groups in total. The number of esters is 2. The molecule has 0 aromatic heterocycles. The molecule has 10 heteroatoms. The topological polar surface area (TPSA) is 71.1 Å². The lowest BCUT2D eigenvalue weighted by atomic mass is 10.2. The van der Waals surface area contributed by atoms with E-state index in [1.165, 1.54) is 24.3 Å². The first-order valence-corrected chi connectivity index (χ1v) is 11.2. The van der Waals surface area contributed by atoms with Crippen molar-refractivity contribution in [3.63, 3.8) is 0 Å².